The third-order valence-corrected chi connectivity index (χ3v) is 4.68. The van der Waals surface area contributed by atoms with Crippen molar-refractivity contribution in [2.24, 2.45) is 0 Å². The van der Waals surface area contributed by atoms with Crippen LogP contribution in [-0.2, 0) is 4.79 Å². The Balaban J connectivity index is 1.97. The fourth-order valence-electron chi connectivity index (χ4n) is 2.24. The summed E-state index contributed by atoms with van der Waals surface area (Å²) in [6.45, 7) is 8.16. The van der Waals surface area contributed by atoms with E-state index >= 15 is 0 Å². The third kappa shape index (κ3) is 4.39. The van der Waals surface area contributed by atoms with Gasteiger partial charge in [-0.25, -0.2) is 4.98 Å². The lowest BCUT2D eigenvalue weighted by Crippen LogP contribution is -2.21. The number of aryl methyl sites for hydroxylation is 1. The van der Waals surface area contributed by atoms with Crippen molar-refractivity contribution in [2.45, 2.75) is 46.2 Å². The van der Waals surface area contributed by atoms with E-state index in [0.717, 1.165) is 10.7 Å². The van der Waals surface area contributed by atoms with Crippen molar-refractivity contribution in [1.82, 2.24) is 10.3 Å². The van der Waals surface area contributed by atoms with Gasteiger partial charge in [0.1, 0.15) is 0 Å². The molecule has 2 atom stereocenters. The average molecular weight is 317 g/mol. The molecule has 2 aromatic rings. The summed E-state index contributed by atoms with van der Waals surface area (Å²) >= 11 is 1.72. The number of thiazole rings is 1. The van der Waals surface area contributed by atoms with Gasteiger partial charge in [0.25, 0.3) is 0 Å². The summed E-state index contributed by atoms with van der Waals surface area (Å²) in [5, 5.41) is 7.53. The number of anilines is 1. The largest absolute Gasteiger partial charge is 0.326 e. The Morgan fingerprint density at radius 3 is 2.45 bits per heavy atom. The van der Waals surface area contributed by atoms with E-state index in [2.05, 4.69) is 29.5 Å². The maximum absolute atomic E-state index is 11.4. The van der Waals surface area contributed by atoms with Crippen LogP contribution in [-0.4, -0.2) is 10.9 Å². The zero-order chi connectivity index (χ0) is 16.1. The van der Waals surface area contributed by atoms with Crippen molar-refractivity contribution in [1.29, 1.82) is 0 Å². The molecule has 1 heterocycles. The topological polar surface area (TPSA) is 54.0 Å². The van der Waals surface area contributed by atoms with E-state index in [9.17, 15) is 4.79 Å². The minimum Gasteiger partial charge on any atom is -0.326 e. The first kappa shape index (κ1) is 16.6. The van der Waals surface area contributed by atoms with Crippen molar-refractivity contribution in [3.63, 3.8) is 0 Å². The maximum atomic E-state index is 11.4. The van der Waals surface area contributed by atoms with Crippen LogP contribution in [0.4, 0.5) is 5.69 Å². The normalized spacial score (nSPS) is 13.6. The number of nitrogens with one attached hydrogen (secondary N) is 2. The van der Waals surface area contributed by atoms with E-state index in [0.29, 0.717) is 6.42 Å². The van der Waals surface area contributed by atoms with Gasteiger partial charge in [-0.2, -0.15) is 0 Å². The fraction of sp³-hybridized carbons (Fsp3) is 0.412. The lowest BCUT2D eigenvalue weighted by Gasteiger charge is -2.19. The summed E-state index contributed by atoms with van der Waals surface area (Å²) in [5.41, 5.74) is 2.04. The minimum atomic E-state index is 0.0353. The summed E-state index contributed by atoms with van der Waals surface area (Å²) in [4.78, 5) is 16.9. The number of hydrogen-bond acceptors (Lipinski definition) is 4. The van der Waals surface area contributed by atoms with Gasteiger partial charge in [0.15, 0.2) is 0 Å². The van der Waals surface area contributed by atoms with Crippen LogP contribution in [0.25, 0.3) is 0 Å². The first-order valence-electron chi connectivity index (χ1n) is 7.57. The van der Waals surface area contributed by atoms with Gasteiger partial charge in [-0.05, 0) is 38.5 Å². The van der Waals surface area contributed by atoms with E-state index in [1.165, 1.54) is 10.4 Å². The van der Waals surface area contributed by atoms with Crippen LogP contribution < -0.4 is 10.6 Å². The molecule has 0 fully saturated rings. The molecule has 0 saturated carbocycles. The van der Waals surface area contributed by atoms with Crippen LogP contribution in [0.15, 0.2) is 30.5 Å². The molecule has 5 heteroatoms. The molecule has 1 aromatic heterocycles. The Kier molecular flexibility index (Phi) is 5.69. The standard InChI is InChI=1S/C17H23N3OS/c1-5-17(21)20-15-8-6-14(7-9-15)11(2)19-12(3)16-10-18-13(4)22-16/h6-12,19H,5H2,1-4H3,(H,20,21)/t11-,12-/m0/s1. The second-order valence-electron chi connectivity index (χ2n) is 5.42. The molecular formula is C17H23N3OS. The number of carbonyl (C=O) groups excluding carboxylic acids is 1. The van der Waals surface area contributed by atoms with Crippen molar-refractivity contribution < 1.29 is 4.79 Å². The average Bonchev–Trinajstić information content (AvgIpc) is 2.94. The summed E-state index contributed by atoms with van der Waals surface area (Å²) in [5.74, 6) is 0.0353. The maximum Gasteiger partial charge on any atom is 0.224 e. The Morgan fingerprint density at radius 1 is 1.23 bits per heavy atom. The molecule has 0 radical (unpaired) electrons. The van der Waals surface area contributed by atoms with E-state index in [4.69, 9.17) is 0 Å². The number of amides is 1. The van der Waals surface area contributed by atoms with E-state index in [1.54, 1.807) is 11.3 Å². The van der Waals surface area contributed by atoms with Crippen molar-refractivity contribution >= 4 is 22.9 Å². The molecule has 0 spiro atoms. The second-order valence-corrected chi connectivity index (χ2v) is 6.68. The number of benzene rings is 1. The molecule has 2 rings (SSSR count). The van der Waals surface area contributed by atoms with E-state index in [1.807, 2.05) is 44.3 Å². The molecule has 4 nitrogen and oxygen atoms in total. The summed E-state index contributed by atoms with van der Waals surface area (Å²) in [6, 6.07) is 8.49. The lowest BCUT2D eigenvalue weighted by atomic mass is 10.1. The smallest absolute Gasteiger partial charge is 0.224 e. The van der Waals surface area contributed by atoms with Crippen molar-refractivity contribution in [3.8, 4) is 0 Å². The van der Waals surface area contributed by atoms with Crippen molar-refractivity contribution in [2.75, 3.05) is 5.32 Å². The second kappa shape index (κ2) is 7.51. The zero-order valence-electron chi connectivity index (χ0n) is 13.5. The van der Waals surface area contributed by atoms with E-state index in [-0.39, 0.29) is 18.0 Å². The summed E-state index contributed by atoms with van der Waals surface area (Å²) in [7, 11) is 0. The monoisotopic (exact) mass is 317 g/mol. The van der Waals surface area contributed by atoms with Gasteiger partial charge in [-0.15, -0.1) is 11.3 Å². The summed E-state index contributed by atoms with van der Waals surface area (Å²) < 4.78 is 0. The molecule has 1 amide bonds. The minimum absolute atomic E-state index is 0.0353. The SMILES string of the molecule is CCC(=O)Nc1ccc([C@H](C)N[C@@H](C)c2cnc(C)s2)cc1. The molecule has 118 valence electrons. The Labute approximate surface area is 136 Å². The predicted octanol–water partition coefficient (Wildman–Crippen LogP) is 4.21. The van der Waals surface area contributed by atoms with Crippen LogP contribution in [0.3, 0.4) is 0 Å². The van der Waals surface area contributed by atoms with Gasteiger partial charge in [-0.1, -0.05) is 19.1 Å². The van der Waals surface area contributed by atoms with Gasteiger partial charge in [0, 0.05) is 35.3 Å². The quantitative estimate of drug-likeness (QED) is 0.839. The third-order valence-electron chi connectivity index (χ3n) is 3.58. The number of aromatic nitrogens is 1. The molecule has 0 bridgehead atoms. The van der Waals surface area contributed by atoms with Crippen LogP contribution in [0, 0.1) is 6.92 Å². The molecule has 2 N–H and O–H groups in total. The Bertz CT molecular complexity index is 621. The highest BCUT2D eigenvalue weighted by Gasteiger charge is 2.13. The molecule has 0 aliphatic rings. The van der Waals surface area contributed by atoms with Gasteiger partial charge < -0.3 is 10.6 Å². The molecule has 0 aliphatic carbocycles. The zero-order valence-corrected chi connectivity index (χ0v) is 14.3. The predicted molar refractivity (Wildman–Crippen MR) is 92.2 cm³/mol. The highest BCUT2D eigenvalue weighted by atomic mass is 32.1. The highest BCUT2D eigenvalue weighted by Crippen LogP contribution is 2.24. The highest BCUT2D eigenvalue weighted by molar-refractivity contribution is 7.11. The van der Waals surface area contributed by atoms with Gasteiger partial charge in [-0.3, -0.25) is 4.79 Å². The van der Waals surface area contributed by atoms with Gasteiger partial charge in [0.05, 0.1) is 5.01 Å². The van der Waals surface area contributed by atoms with Gasteiger partial charge >= 0.3 is 0 Å². The van der Waals surface area contributed by atoms with Crippen LogP contribution in [0.2, 0.25) is 0 Å². The van der Waals surface area contributed by atoms with Crippen LogP contribution in [0.1, 0.15) is 54.7 Å². The molecular weight excluding hydrogens is 294 g/mol. The molecule has 1 aromatic carbocycles. The van der Waals surface area contributed by atoms with Crippen molar-refractivity contribution in [3.05, 3.63) is 45.9 Å². The number of nitrogens with zero attached hydrogens (tertiary/aromatic N) is 1. The molecule has 0 unspecified atom stereocenters. The molecule has 0 aliphatic heterocycles. The first-order valence-corrected chi connectivity index (χ1v) is 8.39. The van der Waals surface area contributed by atoms with E-state index < -0.39 is 0 Å². The number of hydrogen-bond donors (Lipinski definition) is 2. The molecule has 22 heavy (non-hydrogen) atoms. The van der Waals surface area contributed by atoms with Crippen LogP contribution in [0.5, 0.6) is 0 Å². The number of carbonyl (C=O) groups is 1. The molecule has 0 saturated heterocycles. The van der Waals surface area contributed by atoms with Crippen LogP contribution >= 0.6 is 11.3 Å². The Hall–Kier alpha value is -1.72. The van der Waals surface area contributed by atoms with Gasteiger partial charge in [0.2, 0.25) is 5.91 Å². The summed E-state index contributed by atoms with van der Waals surface area (Å²) in [6.07, 6.45) is 2.43. The Morgan fingerprint density at radius 2 is 1.91 bits per heavy atom. The number of rotatable bonds is 6. The fourth-order valence-corrected chi connectivity index (χ4v) is 3.03. The lowest BCUT2D eigenvalue weighted by molar-refractivity contribution is -0.115. The first-order chi connectivity index (χ1) is 10.5.